The first-order chi connectivity index (χ1) is 47.4. The van der Waals surface area contributed by atoms with Gasteiger partial charge in [0, 0.05) is 25.7 Å². The van der Waals surface area contributed by atoms with Crippen molar-refractivity contribution in [1.82, 2.24) is 0 Å². The molecule has 0 aromatic heterocycles. The molecule has 582 valence electrons. The molecule has 0 saturated carbocycles. The fourth-order valence-electron chi connectivity index (χ4n) is 12.2. The number of phosphoric ester groups is 2. The van der Waals surface area contributed by atoms with Crippen LogP contribution in [0.5, 0.6) is 0 Å². The number of carbonyl (C=O) groups is 4. The molecule has 0 heterocycles. The smallest absolute Gasteiger partial charge is 0.462 e. The van der Waals surface area contributed by atoms with Crippen LogP contribution in [0.3, 0.4) is 0 Å². The van der Waals surface area contributed by atoms with Crippen molar-refractivity contribution in [2.24, 2.45) is 11.8 Å². The Labute approximate surface area is 600 Å². The van der Waals surface area contributed by atoms with Crippen molar-refractivity contribution in [3.05, 3.63) is 0 Å². The summed E-state index contributed by atoms with van der Waals surface area (Å²) in [6.07, 6.45) is 59.7. The van der Waals surface area contributed by atoms with Crippen molar-refractivity contribution in [2.75, 3.05) is 39.6 Å². The Hall–Kier alpha value is -1.94. The van der Waals surface area contributed by atoms with E-state index in [1.165, 1.54) is 231 Å². The lowest BCUT2D eigenvalue weighted by molar-refractivity contribution is -0.161. The van der Waals surface area contributed by atoms with Crippen LogP contribution < -0.4 is 0 Å². The van der Waals surface area contributed by atoms with E-state index >= 15 is 0 Å². The topological polar surface area (TPSA) is 237 Å². The Morgan fingerprint density at radius 2 is 0.469 bits per heavy atom. The first kappa shape index (κ1) is 96.1. The molecule has 0 aliphatic carbocycles. The van der Waals surface area contributed by atoms with E-state index in [4.69, 9.17) is 37.0 Å². The summed E-state index contributed by atoms with van der Waals surface area (Å²) in [5.41, 5.74) is 0. The molecule has 0 aromatic rings. The maximum absolute atomic E-state index is 13.1. The normalized spacial score (nSPS) is 13.9. The van der Waals surface area contributed by atoms with Crippen LogP contribution >= 0.6 is 15.6 Å². The second-order valence-corrected chi connectivity index (χ2v) is 32.3. The van der Waals surface area contributed by atoms with Crippen LogP contribution in [-0.4, -0.2) is 96.7 Å². The largest absolute Gasteiger partial charge is 0.472 e. The molecule has 0 spiro atoms. The molecule has 0 saturated heterocycles. The third-order valence-corrected chi connectivity index (χ3v) is 20.4. The number of unbranched alkanes of at least 4 members (excludes halogenated alkanes) is 48. The average Bonchev–Trinajstić information content (AvgIpc) is 1.17. The van der Waals surface area contributed by atoms with E-state index < -0.39 is 97.5 Å². The van der Waals surface area contributed by atoms with Crippen LogP contribution in [0.4, 0.5) is 0 Å². The molecule has 0 fully saturated rings. The third kappa shape index (κ3) is 72.4. The van der Waals surface area contributed by atoms with E-state index in [-0.39, 0.29) is 25.7 Å². The minimum atomic E-state index is -4.96. The summed E-state index contributed by atoms with van der Waals surface area (Å²) in [7, 11) is -9.91. The van der Waals surface area contributed by atoms with E-state index in [9.17, 15) is 43.2 Å². The van der Waals surface area contributed by atoms with Gasteiger partial charge in [-0.3, -0.25) is 37.3 Å². The molecule has 17 nitrogen and oxygen atoms in total. The molecule has 19 heteroatoms. The molecule has 3 N–H and O–H groups in total. The second-order valence-electron chi connectivity index (χ2n) is 29.4. The number of aliphatic hydroxyl groups excluding tert-OH is 1. The summed E-state index contributed by atoms with van der Waals surface area (Å²) < 4.78 is 68.6. The maximum atomic E-state index is 13.1. The van der Waals surface area contributed by atoms with Gasteiger partial charge in [-0.05, 0) is 37.5 Å². The van der Waals surface area contributed by atoms with Gasteiger partial charge in [0.25, 0.3) is 0 Å². The highest BCUT2D eigenvalue weighted by Crippen LogP contribution is 2.45. The van der Waals surface area contributed by atoms with Crippen LogP contribution in [0.25, 0.3) is 0 Å². The quantitative estimate of drug-likeness (QED) is 0.0222. The zero-order valence-corrected chi connectivity index (χ0v) is 65.9. The van der Waals surface area contributed by atoms with Gasteiger partial charge < -0.3 is 33.8 Å². The lowest BCUT2D eigenvalue weighted by atomic mass is 10.0. The highest BCUT2D eigenvalue weighted by molar-refractivity contribution is 7.47. The average molecular weight is 1440 g/mol. The van der Waals surface area contributed by atoms with Crippen LogP contribution in [0, 0.1) is 11.8 Å². The molecular weight excluding hydrogens is 1280 g/mol. The fraction of sp³-hybridized carbons (Fsp3) is 0.949. The Morgan fingerprint density at radius 1 is 0.276 bits per heavy atom. The number of aliphatic hydroxyl groups is 1. The number of phosphoric acid groups is 2. The van der Waals surface area contributed by atoms with Crippen LogP contribution in [0.2, 0.25) is 0 Å². The lowest BCUT2D eigenvalue weighted by Crippen LogP contribution is -2.30. The molecule has 0 aromatic carbocycles. The van der Waals surface area contributed by atoms with E-state index in [1.54, 1.807) is 0 Å². The van der Waals surface area contributed by atoms with Gasteiger partial charge in [0.2, 0.25) is 0 Å². The predicted octanol–water partition coefficient (Wildman–Crippen LogP) is 23.5. The van der Waals surface area contributed by atoms with E-state index in [1.807, 2.05) is 0 Å². The molecule has 0 bridgehead atoms. The maximum Gasteiger partial charge on any atom is 0.472 e. The standard InChI is InChI=1S/C79H154O17P2/c1-7-9-11-13-15-17-30-39-45-51-57-63-78(83)95-74(67-89-76(81)61-55-49-43-35-16-14-12-10-8-2)69-93-97(85,86)91-65-73(80)66-92-98(87,88)94-70-75(96-79(84)64-58-52-46-40-34-29-25-21-19-23-27-32-37-42-48-54-60-72(5)6)68-90-77(82)62-56-50-44-38-33-28-24-20-18-22-26-31-36-41-47-53-59-71(3)4/h71-75,80H,7-70H2,1-6H3,(H,85,86)(H,87,88)/t73-,74+,75+/m0/s1. The molecule has 0 radical (unpaired) electrons. The molecule has 0 rings (SSSR count). The third-order valence-electron chi connectivity index (χ3n) is 18.5. The molecule has 0 aliphatic rings. The minimum absolute atomic E-state index is 0.107. The molecule has 2 unspecified atom stereocenters. The fourth-order valence-corrected chi connectivity index (χ4v) is 13.8. The monoisotopic (exact) mass is 1440 g/mol. The summed E-state index contributed by atoms with van der Waals surface area (Å²) in [6.45, 7) is 9.66. The number of carbonyl (C=O) groups excluding carboxylic acids is 4. The van der Waals surface area contributed by atoms with Crippen molar-refractivity contribution < 1.29 is 80.2 Å². The summed E-state index contributed by atoms with van der Waals surface area (Å²) >= 11 is 0. The number of esters is 4. The summed E-state index contributed by atoms with van der Waals surface area (Å²) in [5.74, 6) is -0.490. The minimum Gasteiger partial charge on any atom is -0.462 e. The molecule has 0 amide bonds. The SMILES string of the molecule is CCCCCCCCCCCCCC(=O)O[C@H](COC(=O)CCCCCCCCCCC)COP(=O)(O)OC[C@H](O)COP(=O)(O)OC[C@@H](COC(=O)CCCCCCCCCCCCCCCCCCC(C)C)OC(=O)CCCCCCCCCCCCCCCCCCC(C)C. The van der Waals surface area contributed by atoms with Crippen LogP contribution in [0.1, 0.15) is 414 Å². The highest BCUT2D eigenvalue weighted by Gasteiger charge is 2.30. The molecular formula is C79H154O17P2. The van der Waals surface area contributed by atoms with Gasteiger partial charge in [-0.1, -0.05) is 363 Å². The van der Waals surface area contributed by atoms with Crippen molar-refractivity contribution in [1.29, 1.82) is 0 Å². The second kappa shape index (κ2) is 70.7. The number of rotatable bonds is 78. The Bertz CT molecular complexity index is 1890. The lowest BCUT2D eigenvalue weighted by Gasteiger charge is -2.21. The van der Waals surface area contributed by atoms with E-state index in [2.05, 4.69) is 41.5 Å². The van der Waals surface area contributed by atoms with Gasteiger partial charge in [-0.2, -0.15) is 0 Å². The van der Waals surface area contributed by atoms with Gasteiger partial charge in [0.05, 0.1) is 26.4 Å². The van der Waals surface area contributed by atoms with Crippen LogP contribution in [-0.2, 0) is 65.4 Å². The first-order valence-electron chi connectivity index (χ1n) is 41.0. The van der Waals surface area contributed by atoms with E-state index in [0.29, 0.717) is 25.7 Å². The Morgan fingerprint density at radius 3 is 0.694 bits per heavy atom. The molecule has 98 heavy (non-hydrogen) atoms. The summed E-state index contributed by atoms with van der Waals surface area (Å²) in [6, 6.07) is 0. The van der Waals surface area contributed by atoms with Crippen molar-refractivity contribution in [2.45, 2.75) is 432 Å². The number of ether oxygens (including phenoxy) is 4. The molecule has 0 aliphatic heterocycles. The van der Waals surface area contributed by atoms with E-state index in [0.717, 1.165) is 102 Å². The Balaban J connectivity index is 5.20. The summed E-state index contributed by atoms with van der Waals surface area (Å²) in [5, 5.41) is 10.6. The molecule has 5 atom stereocenters. The first-order valence-corrected chi connectivity index (χ1v) is 44.0. The van der Waals surface area contributed by atoms with Gasteiger partial charge in [0.15, 0.2) is 12.2 Å². The highest BCUT2D eigenvalue weighted by atomic mass is 31.2. The van der Waals surface area contributed by atoms with Gasteiger partial charge in [-0.25, -0.2) is 9.13 Å². The van der Waals surface area contributed by atoms with Crippen LogP contribution in [0.15, 0.2) is 0 Å². The van der Waals surface area contributed by atoms with Gasteiger partial charge in [-0.15, -0.1) is 0 Å². The van der Waals surface area contributed by atoms with Crippen molar-refractivity contribution in [3.8, 4) is 0 Å². The zero-order valence-electron chi connectivity index (χ0n) is 64.1. The van der Waals surface area contributed by atoms with Gasteiger partial charge >= 0.3 is 39.5 Å². The van der Waals surface area contributed by atoms with Crippen molar-refractivity contribution >= 4 is 39.5 Å². The zero-order chi connectivity index (χ0) is 72.1. The van der Waals surface area contributed by atoms with Crippen molar-refractivity contribution in [3.63, 3.8) is 0 Å². The number of hydrogen-bond donors (Lipinski definition) is 3. The predicted molar refractivity (Wildman–Crippen MR) is 400 cm³/mol. The Kier molecular flexibility index (Phi) is 69.3. The number of hydrogen-bond acceptors (Lipinski definition) is 15. The summed E-state index contributed by atoms with van der Waals surface area (Å²) in [4.78, 5) is 72.8. The van der Waals surface area contributed by atoms with Gasteiger partial charge in [0.1, 0.15) is 19.3 Å².